The summed E-state index contributed by atoms with van der Waals surface area (Å²) < 4.78 is 0. The molecule has 1 aromatic heterocycles. The van der Waals surface area contributed by atoms with Crippen LogP contribution in [-0.2, 0) is 11.2 Å². The van der Waals surface area contributed by atoms with E-state index in [1.807, 2.05) is 23.1 Å². The SMILES string of the molecule is Cc1cccc2c1N(C(=O)CSc1ccccn1)CCC2. The van der Waals surface area contributed by atoms with Crippen LogP contribution in [-0.4, -0.2) is 23.2 Å². The molecule has 2 heterocycles. The molecule has 3 rings (SSSR count). The van der Waals surface area contributed by atoms with Gasteiger partial charge < -0.3 is 4.90 Å². The molecule has 1 aliphatic heterocycles. The average molecular weight is 298 g/mol. The van der Waals surface area contributed by atoms with Gasteiger partial charge in [-0.1, -0.05) is 36.0 Å². The molecule has 0 saturated heterocycles. The van der Waals surface area contributed by atoms with Gasteiger partial charge in [-0.2, -0.15) is 0 Å². The fourth-order valence-electron chi connectivity index (χ4n) is 2.74. The van der Waals surface area contributed by atoms with Gasteiger partial charge in [0.25, 0.3) is 0 Å². The van der Waals surface area contributed by atoms with Gasteiger partial charge in [0.05, 0.1) is 10.8 Å². The number of anilines is 1. The Morgan fingerprint density at radius 3 is 3.00 bits per heavy atom. The maximum absolute atomic E-state index is 12.6. The van der Waals surface area contributed by atoms with Crippen LogP contribution in [0.1, 0.15) is 17.5 Å². The summed E-state index contributed by atoms with van der Waals surface area (Å²) in [6, 6.07) is 12.1. The molecule has 0 spiro atoms. The molecule has 0 atom stereocenters. The van der Waals surface area contributed by atoms with Gasteiger partial charge in [0.1, 0.15) is 0 Å². The van der Waals surface area contributed by atoms with Crippen LogP contribution >= 0.6 is 11.8 Å². The summed E-state index contributed by atoms with van der Waals surface area (Å²) in [5, 5.41) is 0.896. The lowest BCUT2D eigenvalue weighted by atomic mass is 9.98. The normalized spacial score (nSPS) is 13.9. The minimum absolute atomic E-state index is 0.168. The first kappa shape index (κ1) is 14.1. The number of hydrogen-bond acceptors (Lipinski definition) is 3. The number of aromatic nitrogens is 1. The summed E-state index contributed by atoms with van der Waals surface area (Å²) in [6.45, 7) is 2.90. The van der Waals surface area contributed by atoms with Crippen molar-refractivity contribution in [2.75, 3.05) is 17.2 Å². The molecule has 0 saturated carbocycles. The van der Waals surface area contributed by atoms with Gasteiger partial charge in [-0.05, 0) is 43.0 Å². The van der Waals surface area contributed by atoms with E-state index >= 15 is 0 Å². The molecule has 0 unspecified atom stereocenters. The highest BCUT2D eigenvalue weighted by Gasteiger charge is 2.23. The molecule has 1 aromatic carbocycles. The molecule has 0 aliphatic carbocycles. The molecule has 1 amide bonds. The summed E-state index contributed by atoms with van der Waals surface area (Å²) in [5.74, 6) is 0.603. The van der Waals surface area contributed by atoms with Crippen LogP contribution < -0.4 is 4.90 Å². The first-order valence-electron chi connectivity index (χ1n) is 7.18. The average Bonchev–Trinajstić information content (AvgIpc) is 2.53. The summed E-state index contributed by atoms with van der Waals surface area (Å²) >= 11 is 1.50. The van der Waals surface area contributed by atoms with Gasteiger partial charge in [-0.3, -0.25) is 4.79 Å². The van der Waals surface area contributed by atoms with Gasteiger partial charge in [-0.25, -0.2) is 4.98 Å². The molecule has 2 aromatic rings. The Kier molecular flexibility index (Phi) is 4.25. The summed E-state index contributed by atoms with van der Waals surface area (Å²) in [4.78, 5) is 18.8. The maximum atomic E-state index is 12.6. The topological polar surface area (TPSA) is 33.2 Å². The van der Waals surface area contributed by atoms with Crippen molar-refractivity contribution < 1.29 is 4.79 Å². The first-order valence-corrected chi connectivity index (χ1v) is 8.17. The number of benzene rings is 1. The van der Waals surface area contributed by atoms with E-state index < -0.39 is 0 Å². The molecule has 0 bridgehead atoms. The quantitative estimate of drug-likeness (QED) is 0.814. The van der Waals surface area contributed by atoms with Gasteiger partial charge in [0.2, 0.25) is 5.91 Å². The predicted molar refractivity (Wildman–Crippen MR) is 86.8 cm³/mol. The largest absolute Gasteiger partial charge is 0.311 e. The van der Waals surface area contributed by atoms with Crippen LogP contribution in [0.2, 0.25) is 0 Å². The number of carbonyl (C=O) groups is 1. The number of fused-ring (bicyclic) bond motifs is 1. The summed E-state index contributed by atoms with van der Waals surface area (Å²) in [5.41, 5.74) is 3.59. The van der Waals surface area contributed by atoms with Crippen molar-refractivity contribution in [3.63, 3.8) is 0 Å². The van der Waals surface area contributed by atoms with Crippen molar-refractivity contribution in [1.82, 2.24) is 4.98 Å². The highest BCUT2D eigenvalue weighted by molar-refractivity contribution is 7.99. The lowest BCUT2D eigenvalue weighted by Crippen LogP contribution is -2.37. The molecular weight excluding hydrogens is 280 g/mol. The van der Waals surface area contributed by atoms with Crippen LogP contribution in [0.5, 0.6) is 0 Å². The fraction of sp³-hybridized carbons (Fsp3) is 0.294. The zero-order chi connectivity index (χ0) is 14.7. The summed E-state index contributed by atoms with van der Waals surface area (Å²) in [6.07, 6.45) is 3.86. The van der Waals surface area contributed by atoms with Crippen LogP contribution in [0, 0.1) is 6.92 Å². The molecule has 3 nitrogen and oxygen atoms in total. The van der Waals surface area contributed by atoms with Crippen molar-refractivity contribution in [2.24, 2.45) is 0 Å². The van der Waals surface area contributed by atoms with Gasteiger partial charge in [0, 0.05) is 18.4 Å². The second-order valence-electron chi connectivity index (χ2n) is 5.19. The number of nitrogens with zero attached hydrogens (tertiary/aromatic N) is 2. The smallest absolute Gasteiger partial charge is 0.237 e. The lowest BCUT2D eigenvalue weighted by molar-refractivity contribution is -0.116. The van der Waals surface area contributed by atoms with Crippen LogP contribution in [0.4, 0.5) is 5.69 Å². The summed E-state index contributed by atoms with van der Waals surface area (Å²) in [7, 11) is 0. The van der Waals surface area contributed by atoms with Crippen molar-refractivity contribution in [2.45, 2.75) is 24.8 Å². The Morgan fingerprint density at radius 1 is 1.29 bits per heavy atom. The van der Waals surface area contributed by atoms with E-state index in [0.29, 0.717) is 5.75 Å². The first-order chi connectivity index (χ1) is 10.3. The minimum atomic E-state index is 0.168. The zero-order valence-electron chi connectivity index (χ0n) is 12.1. The molecule has 21 heavy (non-hydrogen) atoms. The lowest BCUT2D eigenvalue weighted by Gasteiger charge is -2.31. The third kappa shape index (κ3) is 3.10. The van der Waals surface area contributed by atoms with Crippen molar-refractivity contribution in [3.8, 4) is 0 Å². The van der Waals surface area contributed by atoms with E-state index in [-0.39, 0.29) is 5.91 Å². The molecule has 108 valence electrons. The third-order valence-electron chi connectivity index (χ3n) is 3.70. The standard InChI is InChI=1S/C17H18N2OS/c1-13-6-4-7-14-8-5-11-19(17(13)14)16(20)12-21-15-9-2-3-10-18-15/h2-4,6-7,9-10H,5,8,11-12H2,1H3. The molecule has 0 N–H and O–H groups in total. The number of thioether (sulfide) groups is 1. The minimum Gasteiger partial charge on any atom is -0.311 e. The maximum Gasteiger partial charge on any atom is 0.237 e. The van der Waals surface area contributed by atoms with E-state index in [2.05, 4.69) is 30.1 Å². The monoisotopic (exact) mass is 298 g/mol. The van der Waals surface area contributed by atoms with Crippen LogP contribution in [0.3, 0.4) is 0 Å². The van der Waals surface area contributed by atoms with E-state index in [4.69, 9.17) is 0 Å². The number of pyridine rings is 1. The van der Waals surface area contributed by atoms with Crippen LogP contribution in [0.15, 0.2) is 47.6 Å². The van der Waals surface area contributed by atoms with Crippen molar-refractivity contribution >= 4 is 23.4 Å². The Labute approximate surface area is 129 Å². The van der Waals surface area contributed by atoms with Gasteiger partial charge in [0.15, 0.2) is 0 Å². The molecule has 0 fully saturated rings. The van der Waals surface area contributed by atoms with E-state index in [1.54, 1.807) is 6.20 Å². The third-order valence-corrected chi connectivity index (χ3v) is 4.63. The van der Waals surface area contributed by atoms with Crippen LogP contribution in [0.25, 0.3) is 0 Å². The van der Waals surface area contributed by atoms with Gasteiger partial charge >= 0.3 is 0 Å². The van der Waals surface area contributed by atoms with Crippen molar-refractivity contribution in [3.05, 3.63) is 53.7 Å². The second-order valence-corrected chi connectivity index (χ2v) is 6.18. The number of hydrogen-bond donors (Lipinski definition) is 0. The molecular formula is C17H18N2OS. The number of aryl methyl sites for hydroxylation is 2. The Morgan fingerprint density at radius 2 is 2.19 bits per heavy atom. The number of carbonyl (C=O) groups excluding carboxylic acids is 1. The highest BCUT2D eigenvalue weighted by Crippen LogP contribution is 2.31. The van der Waals surface area contributed by atoms with E-state index in [1.165, 1.54) is 22.9 Å². The Hall–Kier alpha value is -1.81. The van der Waals surface area contributed by atoms with E-state index in [0.717, 1.165) is 30.1 Å². The zero-order valence-corrected chi connectivity index (χ0v) is 12.9. The second kappa shape index (κ2) is 6.31. The molecule has 4 heteroatoms. The van der Waals surface area contributed by atoms with Crippen molar-refractivity contribution in [1.29, 1.82) is 0 Å². The Balaban J connectivity index is 1.75. The van der Waals surface area contributed by atoms with Gasteiger partial charge in [-0.15, -0.1) is 0 Å². The highest BCUT2D eigenvalue weighted by atomic mass is 32.2. The number of rotatable bonds is 3. The number of para-hydroxylation sites is 1. The molecule has 1 aliphatic rings. The molecule has 0 radical (unpaired) electrons. The fourth-order valence-corrected chi connectivity index (χ4v) is 3.48. The van der Waals surface area contributed by atoms with E-state index in [9.17, 15) is 4.79 Å². The number of amides is 1. The Bertz CT molecular complexity index is 642. The predicted octanol–water partition coefficient (Wildman–Crippen LogP) is 3.46.